The van der Waals surface area contributed by atoms with Gasteiger partial charge in [-0.3, -0.25) is 4.68 Å². The Morgan fingerprint density at radius 2 is 1.88 bits per heavy atom. The van der Waals surface area contributed by atoms with Gasteiger partial charge in [0.15, 0.2) is 0 Å². The largest absolute Gasteiger partial charge is 0.268 e. The van der Waals surface area contributed by atoms with Gasteiger partial charge in [0.25, 0.3) is 0 Å². The Kier molecular flexibility index (Phi) is 4.96. The minimum Gasteiger partial charge on any atom is -0.268 e. The number of aromatic nitrogens is 2. The zero-order chi connectivity index (χ0) is 12.7. The molecule has 0 aliphatic heterocycles. The molecule has 0 radical (unpaired) electrons. The highest BCUT2D eigenvalue weighted by molar-refractivity contribution is 5.31. The smallest absolute Gasteiger partial charge is 0.0991 e. The summed E-state index contributed by atoms with van der Waals surface area (Å²) in [6.07, 6.45) is 3.84. The minimum absolute atomic E-state index is 0.690. The maximum Gasteiger partial charge on any atom is 0.0991 e. The maximum atomic E-state index is 8.65. The van der Waals surface area contributed by atoms with E-state index in [-0.39, 0.29) is 0 Å². The van der Waals surface area contributed by atoms with Crippen LogP contribution in [0.2, 0.25) is 0 Å². The molecule has 0 amide bonds. The molecule has 1 aromatic heterocycles. The van der Waals surface area contributed by atoms with Crippen LogP contribution in [0.25, 0.3) is 0 Å². The highest BCUT2D eigenvalue weighted by atomic mass is 15.3. The van der Waals surface area contributed by atoms with Crippen LogP contribution in [0.3, 0.4) is 0 Å². The summed E-state index contributed by atoms with van der Waals surface area (Å²) in [4.78, 5) is 0. The van der Waals surface area contributed by atoms with E-state index in [0.29, 0.717) is 5.56 Å². The van der Waals surface area contributed by atoms with Crippen molar-refractivity contribution in [2.75, 3.05) is 0 Å². The fraction of sp³-hybridized carbons (Fsp3) is 0.286. The van der Waals surface area contributed by atoms with Crippen LogP contribution in [0, 0.1) is 18.3 Å². The first-order valence-electron chi connectivity index (χ1n) is 5.76. The fourth-order valence-corrected chi connectivity index (χ4v) is 1.43. The van der Waals surface area contributed by atoms with Crippen LogP contribution in [-0.2, 0) is 6.54 Å². The maximum absolute atomic E-state index is 8.65. The second kappa shape index (κ2) is 6.49. The Morgan fingerprint density at radius 3 is 2.35 bits per heavy atom. The molecule has 0 spiro atoms. The van der Waals surface area contributed by atoms with Crippen LogP contribution in [0.1, 0.15) is 30.5 Å². The Labute approximate surface area is 102 Å². The third kappa shape index (κ3) is 3.76. The van der Waals surface area contributed by atoms with Gasteiger partial charge < -0.3 is 0 Å². The van der Waals surface area contributed by atoms with Crippen molar-refractivity contribution in [3.8, 4) is 6.07 Å². The number of hydrogen-bond acceptors (Lipinski definition) is 2. The molecule has 0 N–H and O–H groups in total. The first kappa shape index (κ1) is 13.0. The molecule has 1 aromatic carbocycles. The molecular formula is C14H17N3. The van der Waals surface area contributed by atoms with Gasteiger partial charge in [0.2, 0.25) is 0 Å². The SMILES string of the molecule is CC.Cc1cnn(Cc2ccc(C#N)cc2)c1. The van der Waals surface area contributed by atoms with E-state index < -0.39 is 0 Å². The summed E-state index contributed by atoms with van der Waals surface area (Å²) in [5.41, 5.74) is 3.00. The molecule has 0 atom stereocenters. The normalized spacial score (nSPS) is 9.06. The van der Waals surface area contributed by atoms with Gasteiger partial charge >= 0.3 is 0 Å². The van der Waals surface area contributed by atoms with Crippen molar-refractivity contribution in [1.29, 1.82) is 5.26 Å². The number of hydrogen-bond donors (Lipinski definition) is 0. The summed E-state index contributed by atoms with van der Waals surface area (Å²) in [5, 5.41) is 12.9. The zero-order valence-electron chi connectivity index (χ0n) is 10.5. The molecule has 0 aliphatic carbocycles. The van der Waals surface area contributed by atoms with Gasteiger partial charge in [-0.15, -0.1) is 0 Å². The molecule has 0 aliphatic rings. The van der Waals surface area contributed by atoms with E-state index in [0.717, 1.165) is 17.7 Å². The predicted molar refractivity (Wildman–Crippen MR) is 68.6 cm³/mol. The summed E-state index contributed by atoms with van der Waals surface area (Å²) in [6.45, 7) is 6.77. The second-order valence-electron chi connectivity index (χ2n) is 3.52. The number of nitrogens with zero attached hydrogens (tertiary/aromatic N) is 3. The molecule has 2 rings (SSSR count). The van der Waals surface area contributed by atoms with Crippen molar-refractivity contribution >= 4 is 0 Å². The Hall–Kier alpha value is -2.08. The van der Waals surface area contributed by atoms with E-state index in [1.165, 1.54) is 0 Å². The third-order valence-corrected chi connectivity index (χ3v) is 2.19. The van der Waals surface area contributed by atoms with Crippen molar-refractivity contribution in [3.63, 3.8) is 0 Å². The van der Waals surface area contributed by atoms with Crippen molar-refractivity contribution in [1.82, 2.24) is 9.78 Å². The molecule has 88 valence electrons. The molecule has 1 heterocycles. The van der Waals surface area contributed by atoms with E-state index in [9.17, 15) is 0 Å². The van der Waals surface area contributed by atoms with Crippen LogP contribution in [-0.4, -0.2) is 9.78 Å². The predicted octanol–water partition coefficient (Wildman–Crippen LogP) is 3.14. The fourth-order valence-electron chi connectivity index (χ4n) is 1.43. The van der Waals surface area contributed by atoms with E-state index in [4.69, 9.17) is 5.26 Å². The Bertz CT molecular complexity index is 489. The van der Waals surface area contributed by atoms with Gasteiger partial charge in [0.05, 0.1) is 24.4 Å². The number of nitriles is 1. The quantitative estimate of drug-likeness (QED) is 0.791. The Balaban J connectivity index is 0.000000686. The van der Waals surface area contributed by atoms with Crippen LogP contribution in [0.4, 0.5) is 0 Å². The van der Waals surface area contributed by atoms with Crippen molar-refractivity contribution in [3.05, 3.63) is 53.3 Å². The second-order valence-corrected chi connectivity index (χ2v) is 3.52. The molecule has 0 fully saturated rings. The summed E-state index contributed by atoms with van der Waals surface area (Å²) >= 11 is 0. The van der Waals surface area contributed by atoms with Crippen LogP contribution in [0.5, 0.6) is 0 Å². The van der Waals surface area contributed by atoms with Crippen LogP contribution < -0.4 is 0 Å². The van der Waals surface area contributed by atoms with Gasteiger partial charge in [-0.1, -0.05) is 26.0 Å². The lowest BCUT2D eigenvalue weighted by Gasteiger charge is -2.01. The highest BCUT2D eigenvalue weighted by Crippen LogP contribution is 2.05. The average Bonchev–Trinajstić information content (AvgIpc) is 2.78. The lowest BCUT2D eigenvalue weighted by atomic mass is 10.1. The summed E-state index contributed by atoms with van der Waals surface area (Å²) in [6, 6.07) is 9.66. The zero-order valence-corrected chi connectivity index (χ0v) is 10.5. The van der Waals surface area contributed by atoms with E-state index in [1.54, 1.807) is 0 Å². The lowest BCUT2D eigenvalue weighted by molar-refractivity contribution is 0.686. The molecule has 17 heavy (non-hydrogen) atoms. The van der Waals surface area contributed by atoms with Gasteiger partial charge in [-0.25, -0.2) is 0 Å². The van der Waals surface area contributed by atoms with Crippen LogP contribution >= 0.6 is 0 Å². The van der Waals surface area contributed by atoms with E-state index in [1.807, 2.05) is 62.1 Å². The summed E-state index contributed by atoms with van der Waals surface area (Å²) in [7, 11) is 0. The number of benzene rings is 1. The van der Waals surface area contributed by atoms with E-state index >= 15 is 0 Å². The first-order chi connectivity index (χ1) is 8.28. The van der Waals surface area contributed by atoms with Crippen molar-refractivity contribution < 1.29 is 0 Å². The molecule has 0 unspecified atom stereocenters. The molecule has 2 aromatic rings. The average molecular weight is 227 g/mol. The standard InChI is InChI=1S/C12H11N3.C2H6/c1-10-7-14-15(8-10)9-12-4-2-11(6-13)3-5-12;1-2/h2-5,7-8H,9H2,1H3;1-2H3. The summed E-state index contributed by atoms with van der Waals surface area (Å²) in [5.74, 6) is 0. The van der Waals surface area contributed by atoms with Crippen LogP contribution in [0.15, 0.2) is 36.7 Å². The van der Waals surface area contributed by atoms with Gasteiger partial charge in [0.1, 0.15) is 0 Å². The molecule has 0 bridgehead atoms. The number of aryl methyl sites for hydroxylation is 1. The first-order valence-corrected chi connectivity index (χ1v) is 5.76. The van der Waals surface area contributed by atoms with Gasteiger partial charge in [-0.2, -0.15) is 10.4 Å². The number of rotatable bonds is 2. The molecule has 3 heteroatoms. The molecule has 3 nitrogen and oxygen atoms in total. The molecule has 0 saturated carbocycles. The lowest BCUT2D eigenvalue weighted by Crippen LogP contribution is -1.99. The minimum atomic E-state index is 0.690. The Morgan fingerprint density at radius 1 is 1.24 bits per heavy atom. The topological polar surface area (TPSA) is 41.6 Å². The monoisotopic (exact) mass is 227 g/mol. The summed E-state index contributed by atoms with van der Waals surface area (Å²) < 4.78 is 1.89. The third-order valence-electron chi connectivity index (χ3n) is 2.19. The van der Waals surface area contributed by atoms with Crippen molar-refractivity contribution in [2.24, 2.45) is 0 Å². The van der Waals surface area contributed by atoms with E-state index in [2.05, 4.69) is 11.2 Å². The van der Waals surface area contributed by atoms with Gasteiger partial charge in [-0.05, 0) is 30.2 Å². The highest BCUT2D eigenvalue weighted by Gasteiger charge is 1.97. The molecular weight excluding hydrogens is 210 g/mol. The molecule has 0 saturated heterocycles. The van der Waals surface area contributed by atoms with Crippen molar-refractivity contribution in [2.45, 2.75) is 27.3 Å². The van der Waals surface area contributed by atoms with Gasteiger partial charge in [0, 0.05) is 6.20 Å².